The van der Waals surface area contributed by atoms with Crippen molar-refractivity contribution in [2.24, 2.45) is 11.3 Å². The minimum absolute atomic E-state index is 0.107. The van der Waals surface area contributed by atoms with Gasteiger partial charge in [0, 0.05) is 42.6 Å². The lowest BCUT2D eigenvalue weighted by Gasteiger charge is -2.57. The summed E-state index contributed by atoms with van der Waals surface area (Å²) in [6.45, 7) is 19.7. The number of ether oxygens (including phenoxy) is 2. The van der Waals surface area contributed by atoms with E-state index in [1.54, 1.807) is 0 Å². The molecule has 4 rings (SSSR count). The lowest BCUT2D eigenvalue weighted by molar-refractivity contribution is -0.142. The van der Waals surface area contributed by atoms with E-state index in [0.717, 1.165) is 58.1 Å². The predicted octanol–water partition coefficient (Wildman–Crippen LogP) is 7.79. The minimum Gasteiger partial charge on any atom is -0.466 e. The summed E-state index contributed by atoms with van der Waals surface area (Å²) in [7, 11) is -0.293. The van der Waals surface area contributed by atoms with Crippen LogP contribution in [0, 0.1) is 11.3 Å². The van der Waals surface area contributed by atoms with Crippen LogP contribution >= 0.6 is 0 Å². The van der Waals surface area contributed by atoms with Crippen molar-refractivity contribution in [1.29, 1.82) is 0 Å². The lowest BCUT2D eigenvalue weighted by atomic mass is 9.55. The third-order valence-electron chi connectivity index (χ3n) is 11.4. The van der Waals surface area contributed by atoms with E-state index in [1.807, 2.05) is 31.7 Å². The second-order valence-electron chi connectivity index (χ2n) is 17.0. The van der Waals surface area contributed by atoms with E-state index in [-0.39, 0.29) is 35.1 Å². The van der Waals surface area contributed by atoms with Crippen molar-refractivity contribution >= 4 is 20.4 Å². The monoisotopic (exact) mass is 672 g/mol. The summed E-state index contributed by atoms with van der Waals surface area (Å²) in [6.07, 6.45) is 19.4. The molecule has 3 heterocycles. The number of carbonyl (C=O) groups is 2. The topological polar surface area (TPSA) is 88.5 Å². The summed E-state index contributed by atoms with van der Waals surface area (Å²) >= 11 is 0. The highest BCUT2D eigenvalue weighted by Gasteiger charge is 2.66. The number of allylic oxidation sites excluding steroid dienone is 3. The van der Waals surface area contributed by atoms with Gasteiger partial charge in [-0.1, -0.05) is 45.1 Å². The Labute approximate surface area is 286 Å². The molecule has 2 saturated heterocycles. The molecule has 9 heteroatoms. The number of piperidine rings is 1. The molecule has 8 nitrogen and oxygen atoms in total. The SMILES string of the molecule is COC(=O)C1=C[C@@](O)(CC/C=C\CCCCO[Si](C)(C)C(C)(C)C)[C@@H]2N3CCCC/C=C\[C@H]3C[C@@]23CN(C(=O)OC(C)(C)C)CC[C@@H]13. The molecule has 0 bridgehead atoms. The highest BCUT2D eigenvalue weighted by atomic mass is 28.4. The molecule has 1 N–H and O–H groups in total. The highest BCUT2D eigenvalue weighted by Crippen LogP contribution is 2.60. The van der Waals surface area contributed by atoms with Crippen LogP contribution in [-0.2, 0) is 18.7 Å². The van der Waals surface area contributed by atoms with E-state index in [2.05, 4.69) is 63.1 Å². The van der Waals surface area contributed by atoms with Crippen molar-refractivity contribution in [3.8, 4) is 0 Å². The number of carbonyl (C=O) groups excluding carboxylic acids is 2. The smallest absolute Gasteiger partial charge is 0.410 e. The van der Waals surface area contributed by atoms with E-state index in [9.17, 15) is 14.7 Å². The van der Waals surface area contributed by atoms with Gasteiger partial charge in [0.2, 0.25) is 0 Å². The standard InChI is InChI=1S/C38H64N2O6Si/c1-35(2,3)46-34(42)39-24-21-31-30(32(41)44-7)27-38(43,22-17-13-10-11-15-19-25-45-47(8,9)36(4,5)6)33-37(31,28-39)26-29-20-16-12-14-18-23-40(29)33/h10,13,16,20,27,29,31,33,43H,11-12,14-15,17-19,21-26,28H2,1-9H3/b13-10-,20-16-/t29-,31-,33+,37-,38-/m0/s1. The number of nitrogens with zero attached hydrogens (tertiary/aromatic N) is 2. The van der Waals surface area contributed by atoms with Gasteiger partial charge in [-0.15, -0.1) is 0 Å². The maximum absolute atomic E-state index is 13.5. The molecule has 0 aromatic heterocycles. The molecule has 1 aliphatic carbocycles. The summed E-state index contributed by atoms with van der Waals surface area (Å²) in [5.74, 6) is -0.480. The lowest BCUT2D eigenvalue weighted by Crippen LogP contribution is -2.66. The average molecular weight is 673 g/mol. The number of amides is 1. The van der Waals surface area contributed by atoms with E-state index in [1.165, 1.54) is 7.11 Å². The molecule has 4 aliphatic rings. The molecule has 5 atom stereocenters. The normalized spacial score (nSPS) is 30.9. The van der Waals surface area contributed by atoms with Gasteiger partial charge >= 0.3 is 12.1 Å². The molecule has 2 fully saturated rings. The van der Waals surface area contributed by atoms with Crippen LogP contribution in [0.1, 0.15) is 106 Å². The Morgan fingerprint density at radius 2 is 1.79 bits per heavy atom. The number of hydrogen-bond acceptors (Lipinski definition) is 7. The number of methoxy groups -OCH3 is 1. The zero-order chi connectivity index (χ0) is 34.7. The molecule has 0 aromatic carbocycles. The van der Waals surface area contributed by atoms with Crippen LogP contribution in [-0.4, -0.2) is 91.9 Å². The summed E-state index contributed by atoms with van der Waals surface area (Å²) < 4.78 is 17.5. The first-order valence-electron chi connectivity index (χ1n) is 18.2. The number of aliphatic hydroxyl groups is 1. The highest BCUT2D eigenvalue weighted by molar-refractivity contribution is 6.74. The average Bonchev–Trinajstić information content (AvgIpc) is 3.26. The molecule has 1 amide bonds. The van der Waals surface area contributed by atoms with Crippen LogP contribution in [0.15, 0.2) is 36.0 Å². The number of hydrogen-bond donors (Lipinski definition) is 1. The van der Waals surface area contributed by atoms with E-state index in [0.29, 0.717) is 37.9 Å². The molecule has 266 valence electrons. The van der Waals surface area contributed by atoms with Gasteiger partial charge in [0.05, 0.1) is 18.8 Å². The Bertz CT molecular complexity index is 1200. The van der Waals surface area contributed by atoms with Gasteiger partial charge in [0.1, 0.15) is 5.60 Å². The van der Waals surface area contributed by atoms with E-state index in [4.69, 9.17) is 13.9 Å². The molecule has 0 saturated carbocycles. The van der Waals surface area contributed by atoms with Crippen molar-refractivity contribution in [2.45, 2.75) is 147 Å². The fourth-order valence-corrected chi connectivity index (χ4v) is 9.28. The van der Waals surface area contributed by atoms with Crippen LogP contribution in [0.4, 0.5) is 4.79 Å². The minimum atomic E-state index is -1.72. The third kappa shape index (κ3) is 8.62. The molecular formula is C38H64N2O6Si. The Morgan fingerprint density at radius 1 is 1.06 bits per heavy atom. The van der Waals surface area contributed by atoms with Gasteiger partial charge in [-0.2, -0.15) is 0 Å². The summed E-state index contributed by atoms with van der Waals surface area (Å²) in [4.78, 5) is 31.2. The largest absolute Gasteiger partial charge is 0.466 e. The zero-order valence-electron chi connectivity index (χ0n) is 30.9. The first-order chi connectivity index (χ1) is 21.9. The Hall–Kier alpha value is -1.94. The van der Waals surface area contributed by atoms with Crippen LogP contribution in [0.25, 0.3) is 0 Å². The number of esters is 1. The van der Waals surface area contributed by atoms with Crippen molar-refractivity contribution in [3.63, 3.8) is 0 Å². The quantitative estimate of drug-likeness (QED) is 0.110. The van der Waals surface area contributed by atoms with Crippen LogP contribution in [0.3, 0.4) is 0 Å². The Morgan fingerprint density at radius 3 is 2.47 bits per heavy atom. The van der Waals surface area contributed by atoms with Gasteiger partial charge in [-0.3, -0.25) is 4.90 Å². The summed E-state index contributed by atoms with van der Waals surface area (Å²) in [5, 5.41) is 13.0. The molecule has 1 spiro atoms. The molecule has 0 aromatic rings. The van der Waals surface area contributed by atoms with Crippen LogP contribution in [0.2, 0.25) is 18.1 Å². The van der Waals surface area contributed by atoms with Crippen molar-refractivity contribution < 1.29 is 28.6 Å². The van der Waals surface area contributed by atoms with Gasteiger partial charge in [-0.25, -0.2) is 9.59 Å². The molecule has 0 radical (unpaired) electrons. The predicted molar refractivity (Wildman–Crippen MR) is 191 cm³/mol. The second kappa shape index (κ2) is 14.9. The number of unbranched alkanes of at least 4 members (excludes halogenated alkanes) is 2. The molecular weight excluding hydrogens is 609 g/mol. The fraction of sp³-hybridized carbons (Fsp3) is 0.789. The first-order valence-corrected chi connectivity index (χ1v) is 21.1. The number of rotatable bonds is 10. The third-order valence-corrected chi connectivity index (χ3v) is 15.9. The van der Waals surface area contributed by atoms with Crippen LogP contribution in [0.5, 0.6) is 0 Å². The Kier molecular flexibility index (Phi) is 12.0. The fourth-order valence-electron chi connectivity index (χ4n) is 8.19. The zero-order valence-corrected chi connectivity index (χ0v) is 31.9. The van der Waals surface area contributed by atoms with E-state index < -0.39 is 24.9 Å². The van der Waals surface area contributed by atoms with E-state index >= 15 is 0 Å². The first kappa shape index (κ1) is 37.9. The van der Waals surface area contributed by atoms with Gasteiger partial charge in [0.25, 0.3) is 0 Å². The maximum atomic E-state index is 13.5. The summed E-state index contributed by atoms with van der Waals surface area (Å²) in [6, 6.07) is -0.0883. The molecule has 0 unspecified atom stereocenters. The molecule has 47 heavy (non-hydrogen) atoms. The van der Waals surface area contributed by atoms with Gasteiger partial charge in [-0.05, 0) is 116 Å². The van der Waals surface area contributed by atoms with Crippen molar-refractivity contribution in [1.82, 2.24) is 9.80 Å². The molecule has 3 aliphatic heterocycles. The number of likely N-dealkylation sites (tertiary alicyclic amines) is 1. The van der Waals surface area contributed by atoms with Crippen LogP contribution < -0.4 is 0 Å². The maximum Gasteiger partial charge on any atom is 0.410 e. The summed E-state index contributed by atoms with van der Waals surface area (Å²) in [5.41, 5.74) is -1.79. The Balaban J connectivity index is 1.55. The van der Waals surface area contributed by atoms with Crippen molar-refractivity contribution in [2.75, 3.05) is 33.4 Å². The van der Waals surface area contributed by atoms with Gasteiger partial charge < -0.3 is 23.9 Å². The number of fused-ring (bicyclic) bond motifs is 2. The van der Waals surface area contributed by atoms with Crippen molar-refractivity contribution in [3.05, 3.63) is 36.0 Å². The van der Waals surface area contributed by atoms with Gasteiger partial charge in [0.15, 0.2) is 8.32 Å². The second-order valence-corrected chi connectivity index (χ2v) is 21.8.